The van der Waals surface area contributed by atoms with Crippen LogP contribution in [0.3, 0.4) is 0 Å². The lowest BCUT2D eigenvalue weighted by atomic mass is 9.91. The zero-order valence-corrected chi connectivity index (χ0v) is 26.3. The summed E-state index contributed by atoms with van der Waals surface area (Å²) in [4.78, 5) is 37.4. The van der Waals surface area contributed by atoms with E-state index in [0.29, 0.717) is 5.75 Å². The third-order valence-electron chi connectivity index (χ3n) is 7.95. The Balaban J connectivity index is 1.58. The molecule has 0 saturated carbocycles. The highest BCUT2D eigenvalue weighted by Gasteiger charge is 2.52. The standard InChI is InChI=1S/C31H41NO7SSi/c1-21-28(36)25(39-30(29(21)38-22(2)33)40-19-18-32-26(34)16-17-27(32)35)20-37-41(31(3,4)5,23-12-8-6-9-13-23)24-14-10-7-11-15-24/h6-15,21,25,28-30,36H,16-20H2,1-5H3. The number of carbonyl (C=O) groups excluding carboxylic acids is 3. The van der Waals surface area contributed by atoms with E-state index < -0.39 is 44.0 Å². The fourth-order valence-corrected chi connectivity index (χ4v) is 11.6. The Labute approximate surface area is 247 Å². The van der Waals surface area contributed by atoms with Gasteiger partial charge in [0.25, 0.3) is 8.32 Å². The molecule has 0 aliphatic carbocycles. The Morgan fingerprint density at radius 1 is 1.02 bits per heavy atom. The first kappa shape index (κ1) is 31.4. The van der Waals surface area contributed by atoms with Crippen LogP contribution < -0.4 is 10.4 Å². The van der Waals surface area contributed by atoms with Crippen molar-refractivity contribution in [3.8, 4) is 0 Å². The number of likely N-dealkylation sites (tertiary alicyclic amines) is 1. The van der Waals surface area contributed by atoms with E-state index >= 15 is 0 Å². The number of thioether (sulfide) groups is 1. The molecule has 41 heavy (non-hydrogen) atoms. The Kier molecular flexibility index (Phi) is 10.1. The molecule has 8 nitrogen and oxygen atoms in total. The highest BCUT2D eigenvalue weighted by atomic mass is 32.2. The number of carbonyl (C=O) groups is 3. The molecule has 0 spiro atoms. The molecule has 2 saturated heterocycles. The molecule has 5 atom stereocenters. The summed E-state index contributed by atoms with van der Waals surface area (Å²) in [6.45, 7) is 10.2. The molecule has 2 fully saturated rings. The van der Waals surface area contributed by atoms with Crippen molar-refractivity contribution < 1.29 is 33.4 Å². The summed E-state index contributed by atoms with van der Waals surface area (Å²) in [7, 11) is -2.87. The van der Waals surface area contributed by atoms with Crippen molar-refractivity contribution in [2.24, 2.45) is 5.92 Å². The number of ether oxygens (including phenoxy) is 2. The van der Waals surface area contributed by atoms with Crippen molar-refractivity contribution in [2.45, 2.75) is 76.2 Å². The molecule has 2 aliphatic rings. The highest BCUT2D eigenvalue weighted by Crippen LogP contribution is 2.39. The maximum absolute atomic E-state index is 12.1. The summed E-state index contributed by atoms with van der Waals surface area (Å²) in [6, 6.07) is 20.5. The Morgan fingerprint density at radius 3 is 2.05 bits per heavy atom. The van der Waals surface area contributed by atoms with Crippen molar-refractivity contribution in [2.75, 3.05) is 18.9 Å². The van der Waals surface area contributed by atoms with Crippen LogP contribution in [0.1, 0.15) is 47.5 Å². The van der Waals surface area contributed by atoms with Crippen LogP contribution in [-0.2, 0) is 28.3 Å². The number of rotatable bonds is 10. The summed E-state index contributed by atoms with van der Waals surface area (Å²) in [5.74, 6) is -0.803. The van der Waals surface area contributed by atoms with Crippen LogP contribution in [0.15, 0.2) is 60.7 Å². The van der Waals surface area contributed by atoms with Crippen molar-refractivity contribution in [3.63, 3.8) is 0 Å². The molecule has 5 unspecified atom stereocenters. The summed E-state index contributed by atoms with van der Waals surface area (Å²) in [5.41, 5.74) is -0.599. The van der Waals surface area contributed by atoms with Crippen molar-refractivity contribution in [1.82, 2.24) is 4.90 Å². The predicted molar refractivity (Wildman–Crippen MR) is 161 cm³/mol. The van der Waals surface area contributed by atoms with Crippen LogP contribution in [0.4, 0.5) is 0 Å². The van der Waals surface area contributed by atoms with E-state index in [1.54, 1.807) is 0 Å². The molecule has 2 amide bonds. The molecule has 0 aromatic heterocycles. The summed E-state index contributed by atoms with van der Waals surface area (Å²) in [5, 5.41) is 13.4. The summed E-state index contributed by atoms with van der Waals surface area (Å²) >= 11 is 1.38. The first-order valence-electron chi connectivity index (χ1n) is 14.2. The SMILES string of the molecule is CC(=O)OC1C(SCCN2C(=O)CCC2=O)OC(CO[Si](c2ccccc2)(c2ccccc2)C(C)(C)C)C(O)C1C. The van der Waals surface area contributed by atoms with Gasteiger partial charge in [-0.3, -0.25) is 19.3 Å². The monoisotopic (exact) mass is 599 g/mol. The predicted octanol–water partition coefficient (Wildman–Crippen LogP) is 3.10. The normalized spacial score (nSPS) is 25.4. The minimum absolute atomic E-state index is 0.145. The van der Waals surface area contributed by atoms with Gasteiger partial charge in [-0.15, -0.1) is 11.8 Å². The zero-order chi connectivity index (χ0) is 29.8. The van der Waals surface area contributed by atoms with Crippen LogP contribution in [0.5, 0.6) is 0 Å². The molecule has 2 aliphatic heterocycles. The minimum atomic E-state index is -2.87. The van der Waals surface area contributed by atoms with Gasteiger partial charge >= 0.3 is 5.97 Å². The van der Waals surface area contributed by atoms with Crippen LogP contribution in [0.25, 0.3) is 0 Å². The van der Waals surface area contributed by atoms with Crippen molar-refractivity contribution in [3.05, 3.63) is 60.7 Å². The van der Waals surface area contributed by atoms with Gasteiger partial charge in [-0.1, -0.05) is 88.4 Å². The molecule has 1 N–H and O–H groups in total. The average Bonchev–Trinajstić information content (AvgIpc) is 3.26. The fourth-order valence-electron chi connectivity index (χ4n) is 5.84. The van der Waals surface area contributed by atoms with Gasteiger partial charge < -0.3 is 19.0 Å². The second-order valence-electron chi connectivity index (χ2n) is 11.8. The topological polar surface area (TPSA) is 102 Å². The molecule has 2 aromatic carbocycles. The van der Waals surface area contributed by atoms with E-state index in [2.05, 4.69) is 45.0 Å². The Morgan fingerprint density at radius 2 is 1.56 bits per heavy atom. The summed E-state index contributed by atoms with van der Waals surface area (Å²) < 4.78 is 19.1. The number of hydrogen-bond donors (Lipinski definition) is 1. The molecule has 0 bridgehead atoms. The number of hydrogen-bond acceptors (Lipinski definition) is 8. The van der Waals surface area contributed by atoms with Gasteiger partial charge in [-0.05, 0) is 15.4 Å². The Bertz CT molecular complexity index is 1150. The van der Waals surface area contributed by atoms with Gasteiger partial charge in [0.15, 0.2) is 0 Å². The lowest BCUT2D eigenvalue weighted by Crippen LogP contribution is -2.68. The molecule has 0 radical (unpaired) electrons. The number of nitrogens with zero attached hydrogens (tertiary/aromatic N) is 1. The molecule has 2 heterocycles. The van der Waals surface area contributed by atoms with E-state index in [1.165, 1.54) is 23.6 Å². The van der Waals surface area contributed by atoms with Gasteiger partial charge in [0.2, 0.25) is 11.8 Å². The fraction of sp³-hybridized carbons (Fsp3) is 0.516. The number of aliphatic hydroxyl groups excluding tert-OH is 1. The van der Waals surface area contributed by atoms with Crippen LogP contribution in [0, 0.1) is 5.92 Å². The second kappa shape index (κ2) is 13.2. The quantitative estimate of drug-likeness (QED) is 0.253. The largest absolute Gasteiger partial charge is 0.458 e. The maximum Gasteiger partial charge on any atom is 0.303 e. The van der Waals surface area contributed by atoms with Gasteiger partial charge in [-0.2, -0.15) is 0 Å². The number of imide groups is 1. The van der Waals surface area contributed by atoms with E-state index in [9.17, 15) is 19.5 Å². The van der Waals surface area contributed by atoms with Crippen molar-refractivity contribution in [1.29, 1.82) is 0 Å². The first-order chi connectivity index (χ1) is 19.5. The minimum Gasteiger partial charge on any atom is -0.458 e. The lowest BCUT2D eigenvalue weighted by Gasteiger charge is -2.46. The van der Waals surface area contributed by atoms with Crippen LogP contribution in [0.2, 0.25) is 5.04 Å². The van der Waals surface area contributed by atoms with Gasteiger partial charge in [-0.25, -0.2) is 0 Å². The molecular weight excluding hydrogens is 558 g/mol. The smallest absolute Gasteiger partial charge is 0.303 e. The molecular formula is C31H41NO7SSi. The van der Waals surface area contributed by atoms with Gasteiger partial charge in [0.1, 0.15) is 17.6 Å². The molecule has 2 aromatic rings. The van der Waals surface area contributed by atoms with Gasteiger partial charge in [0.05, 0.1) is 12.7 Å². The lowest BCUT2D eigenvalue weighted by molar-refractivity contribution is -0.196. The average molecular weight is 600 g/mol. The van der Waals surface area contributed by atoms with Gasteiger partial charge in [0, 0.05) is 38.0 Å². The summed E-state index contributed by atoms with van der Waals surface area (Å²) in [6.07, 6.45) is -1.82. The maximum atomic E-state index is 12.1. The molecule has 4 rings (SSSR count). The number of aliphatic hydroxyl groups is 1. The van der Waals surface area contributed by atoms with E-state index in [0.717, 1.165) is 10.4 Å². The van der Waals surface area contributed by atoms with E-state index in [1.807, 2.05) is 43.3 Å². The molecule has 10 heteroatoms. The Hall–Kier alpha value is -2.50. The van der Waals surface area contributed by atoms with Crippen LogP contribution in [-0.4, -0.2) is 78.8 Å². The van der Waals surface area contributed by atoms with E-state index in [-0.39, 0.29) is 42.8 Å². The van der Waals surface area contributed by atoms with Crippen LogP contribution >= 0.6 is 11.8 Å². The third kappa shape index (κ3) is 6.78. The van der Waals surface area contributed by atoms with Crippen molar-refractivity contribution >= 4 is 48.2 Å². The zero-order valence-electron chi connectivity index (χ0n) is 24.4. The number of esters is 1. The second-order valence-corrected chi connectivity index (χ2v) is 17.3. The third-order valence-corrected chi connectivity index (χ3v) is 14.1. The number of benzene rings is 2. The molecule has 222 valence electrons. The highest BCUT2D eigenvalue weighted by molar-refractivity contribution is 7.99. The first-order valence-corrected chi connectivity index (χ1v) is 17.1. The van der Waals surface area contributed by atoms with E-state index in [4.69, 9.17) is 13.9 Å². The number of amides is 2.